The van der Waals surface area contributed by atoms with Crippen LogP contribution >= 0.6 is 0 Å². The number of aliphatic hydroxyl groups excluding tert-OH is 1. The highest BCUT2D eigenvalue weighted by Crippen LogP contribution is 2.22. The van der Waals surface area contributed by atoms with Gasteiger partial charge in [-0.3, -0.25) is 4.79 Å². The first kappa shape index (κ1) is 14.3. The predicted molar refractivity (Wildman–Crippen MR) is 86.2 cm³/mol. The number of carbonyl (C=O) groups excluding carboxylic acids is 1. The van der Waals surface area contributed by atoms with Crippen LogP contribution in [0, 0.1) is 6.92 Å². The normalized spacial score (nSPS) is 12.1. The smallest absolute Gasteiger partial charge is 0.197 e. The van der Waals surface area contributed by atoms with Crippen molar-refractivity contribution < 1.29 is 9.90 Å². The summed E-state index contributed by atoms with van der Waals surface area (Å²) in [5.74, 6) is -0.298. The summed E-state index contributed by atoms with van der Waals surface area (Å²) in [4.78, 5) is 12.4. The second-order valence-electron chi connectivity index (χ2n) is 5.27. The number of ketones is 1. The summed E-state index contributed by atoms with van der Waals surface area (Å²) < 4.78 is 1.84. The zero-order valence-corrected chi connectivity index (χ0v) is 12.3. The molecule has 3 heteroatoms. The summed E-state index contributed by atoms with van der Waals surface area (Å²) in [6.07, 6.45) is 0.667. The van der Waals surface area contributed by atoms with Crippen LogP contribution in [0.3, 0.4) is 0 Å². The van der Waals surface area contributed by atoms with Crippen LogP contribution in [0.15, 0.2) is 72.9 Å². The summed E-state index contributed by atoms with van der Waals surface area (Å²) in [6, 6.07) is 20.4. The molecule has 0 aliphatic carbocycles. The quantitative estimate of drug-likeness (QED) is 0.745. The van der Waals surface area contributed by atoms with E-state index in [9.17, 15) is 9.90 Å². The summed E-state index contributed by atoms with van der Waals surface area (Å²) in [5, 5.41) is 10.5. The van der Waals surface area contributed by atoms with Crippen molar-refractivity contribution >= 4 is 5.78 Å². The number of aryl methyl sites for hydroxylation is 1. The summed E-state index contributed by atoms with van der Waals surface area (Å²) in [6.45, 7) is 2.02. The SMILES string of the molecule is Cc1ccc(-n2cccc2C(O)C(=O)c2ccccc2)cc1. The van der Waals surface area contributed by atoms with Gasteiger partial charge in [0.2, 0.25) is 0 Å². The molecule has 0 aliphatic heterocycles. The van der Waals surface area contributed by atoms with Crippen molar-refractivity contribution in [1.82, 2.24) is 4.57 Å². The second kappa shape index (κ2) is 6.00. The number of carbonyl (C=O) groups is 1. The molecule has 1 unspecified atom stereocenters. The van der Waals surface area contributed by atoms with Gasteiger partial charge in [0.1, 0.15) is 0 Å². The molecule has 1 aromatic heterocycles. The number of aromatic nitrogens is 1. The van der Waals surface area contributed by atoms with Crippen molar-refractivity contribution in [2.24, 2.45) is 0 Å². The van der Waals surface area contributed by atoms with E-state index in [1.54, 1.807) is 30.3 Å². The Morgan fingerprint density at radius 3 is 2.32 bits per heavy atom. The fourth-order valence-corrected chi connectivity index (χ4v) is 2.45. The molecule has 3 aromatic rings. The Morgan fingerprint density at radius 1 is 0.955 bits per heavy atom. The molecule has 0 radical (unpaired) electrons. The average Bonchev–Trinajstić information content (AvgIpc) is 3.04. The molecule has 0 saturated carbocycles. The zero-order valence-electron chi connectivity index (χ0n) is 12.3. The predicted octanol–water partition coefficient (Wildman–Crippen LogP) is 3.70. The van der Waals surface area contributed by atoms with Gasteiger partial charge in [0.15, 0.2) is 11.9 Å². The van der Waals surface area contributed by atoms with E-state index < -0.39 is 6.10 Å². The number of aliphatic hydroxyl groups is 1. The molecule has 2 aromatic carbocycles. The molecular weight excluding hydrogens is 274 g/mol. The minimum atomic E-state index is -1.18. The molecular formula is C19H17NO2. The topological polar surface area (TPSA) is 42.2 Å². The van der Waals surface area contributed by atoms with Gasteiger partial charge in [-0.1, -0.05) is 48.0 Å². The third-order valence-corrected chi connectivity index (χ3v) is 3.68. The Balaban J connectivity index is 1.94. The van der Waals surface area contributed by atoms with Crippen molar-refractivity contribution in [3.63, 3.8) is 0 Å². The first-order valence-corrected chi connectivity index (χ1v) is 7.18. The molecule has 0 bridgehead atoms. The van der Waals surface area contributed by atoms with Crippen LogP contribution < -0.4 is 0 Å². The maximum absolute atomic E-state index is 12.4. The standard InChI is InChI=1S/C19H17NO2/c1-14-9-11-16(12-10-14)20-13-5-8-17(20)19(22)18(21)15-6-3-2-4-7-15/h2-13,19,22H,1H3. The van der Waals surface area contributed by atoms with Crippen LogP contribution in [0.2, 0.25) is 0 Å². The molecule has 1 heterocycles. The Labute approximate surface area is 129 Å². The molecule has 1 atom stereocenters. The first-order chi connectivity index (χ1) is 10.7. The highest BCUT2D eigenvalue weighted by molar-refractivity contribution is 5.99. The van der Waals surface area contributed by atoms with E-state index in [1.165, 1.54) is 5.56 Å². The Morgan fingerprint density at radius 2 is 1.64 bits per heavy atom. The lowest BCUT2D eigenvalue weighted by atomic mass is 10.0. The zero-order chi connectivity index (χ0) is 15.5. The van der Waals surface area contributed by atoms with Crippen LogP contribution in [0.5, 0.6) is 0 Å². The molecule has 0 amide bonds. The maximum Gasteiger partial charge on any atom is 0.197 e. The number of hydrogen-bond donors (Lipinski definition) is 1. The van der Waals surface area contributed by atoms with Gasteiger partial charge in [0.25, 0.3) is 0 Å². The van der Waals surface area contributed by atoms with Crippen molar-refractivity contribution in [2.75, 3.05) is 0 Å². The van der Waals surface area contributed by atoms with E-state index >= 15 is 0 Å². The lowest BCUT2D eigenvalue weighted by Gasteiger charge is -2.14. The van der Waals surface area contributed by atoms with Crippen LogP contribution in [0.4, 0.5) is 0 Å². The van der Waals surface area contributed by atoms with Gasteiger partial charge < -0.3 is 9.67 Å². The van der Waals surface area contributed by atoms with Crippen molar-refractivity contribution in [1.29, 1.82) is 0 Å². The molecule has 3 rings (SSSR count). The molecule has 22 heavy (non-hydrogen) atoms. The number of rotatable bonds is 4. The van der Waals surface area contributed by atoms with Crippen LogP contribution in [0.25, 0.3) is 5.69 Å². The number of nitrogens with zero attached hydrogens (tertiary/aromatic N) is 1. The number of benzene rings is 2. The van der Waals surface area contributed by atoms with Gasteiger partial charge in [-0.25, -0.2) is 0 Å². The van der Waals surface area contributed by atoms with Gasteiger partial charge in [-0.05, 0) is 31.2 Å². The fourth-order valence-electron chi connectivity index (χ4n) is 2.45. The summed E-state index contributed by atoms with van der Waals surface area (Å²) >= 11 is 0. The lowest BCUT2D eigenvalue weighted by Crippen LogP contribution is -2.15. The van der Waals surface area contributed by atoms with E-state index in [0.29, 0.717) is 11.3 Å². The van der Waals surface area contributed by atoms with Gasteiger partial charge in [-0.2, -0.15) is 0 Å². The van der Waals surface area contributed by atoms with Gasteiger partial charge in [-0.15, -0.1) is 0 Å². The largest absolute Gasteiger partial charge is 0.379 e. The van der Waals surface area contributed by atoms with E-state index in [1.807, 2.05) is 54.1 Å². The van der Waals surface area contributed by atoms with Crippen LogP contribution in [0.1, 0.15) is 27.7 Å². The maximum atomic E-state index is 12.4. The Hall–Kier alpha value is -2.65. The van der Waals surface area contributed by atoms with E-state index in [-0.39, 0.29) is 5.78 Å². The van der Waals surface area contributed by atoms with E-state index in [2.05, 4.69) is 0 Å². The van der Waals surface area contributed by atoms with Crippen molar-refractivity contribution in [3.8, 4) is 5.69 Å². The molecule has 3 nitrogen and oxygen atoms in total. The van der Waals surface area contributed by atoms with Crippen molar-refractivity contribution in [3.05, 3.63) is 89.7 Å². The third-order valence-electron chi connectivity index (χ3n) is 3.68. The average molecular weight is 291 g/mol. The molecule has 0 aliphatic rings. The summed E-state index contributed by atoms with van der Waals surface area (Å²) in [7, 11) is 0. The Kier molecular flexibility index (Phi) is 3.90. The van der Waals surface area contributed by atoms with Crippen LogP contribution in [-0.2, 0) is 0 Å². The minimum absolute atomic E-state index is 0.298. The third kappa shape index (κ3) is 2.71. The van der Waals surface area contributed by atoms with Crippen molar-refractivity contribution in [2.45, 2.75) is 13.0 Å². The van der Waals surface area contributed by atoms with Gasteiger partial charge >= 0.3 is 0 Å². The van der Waals surface area contributed by atoms with Gasteiger partial charge in [0, 0.05) is 17.4 Å². The molecule has 110 valence electrons. The number of Topliss-reactive ketones (excluding diaryl/α,β-unsaturated/α-hetero) is 1. The highest BCUT2D eigenvalue weighted by atomic mass is 16.3. The molecule has 0 fully saturated rings. The van der Waals surface area contributed by atoms with Gasteiger partial charge in [0.05, 0.1) is 5.69 Å². The van der Waals surface area contributed by atoms with E-state index in [0.717, 1.165) is 5.69 Å². The molecule has 0 saturated heterocycles. The lowest BCUT2D eigenvalue weighted by molar-refractivity contribution is 0.0737. The highest BCUT2D eigenvalue weighted by Gasteiger charge is 2.22. The number of hydrogen-bond acceptors (Lipinski definition) is 2. The summed E-state index contributed by atoms with van der Waals surface area (Å²) in [5.41, 5.74) is 3.16. The minimum Gasteiger partial charge on any atom is -0.379 e. The monoisotopic (exact) mass is 291 g/mol. The fraction of sp³-hybridized carbons (Fsp3) is 0.105. The first-order valence-electron chi connectivity index (χ1n) is 7.18. The van der Waals surface area contributed by atoms with E-state index in [4.69, 9.17) is 0 Å². The molecule has 0 spiro atoms. The second-order valence-corrected chi connectivity index (χ2v) is 5.27. The Bertz CT molecular complexity index is 773. The van der Waals surface area contributed by atoms with Crippen LogP contribution in [-0.4, -0.2) is 15.5 Å². The molecule has 1 N–H and O–H groups in total.